The molecule has 110 valence electrons. The zero-order chi connectivity index (χ0) is 15.6. The molecule has 0 spiro atoms. The number of aromatic nitrogens is 2. The number of H-pyrrole nitrogens is 1. The lowest BCUT2D eigenvalue weighted by molar-refractivity contribution is 0.102. The second-order valence-electron chi connectivity index (χ2n) is 4.17. The third-order valence-electron chi connectivity index (χ3n) is 2.53. The Morgan fingerprint density at radius 1 is 1.29 bits per heavy atom. The first-order chi connectivity index (χ1) is 9.77. The molecule has 0 aliphatic rings. The van der Waals surface area contributed by atoms with Crippen LogP contribution in [0.3, 0.4) is 0 Å². The average Bonchev–Trinajstić information content (AvgIpc) is 2.40. The number of anilines is 1. The molecule has 2 aromatic rings. The fraction of sp³-hybridized carbons (Fsp3) is 0.0833. The lowest BCUT2D eigenvalue weighted by Gasteiger charge is -2.07. The second-order valence-corrected chi connectivity index (χ2v) is 6.19. The van der Waals surface area contributed by atoms with Crippen LogP contribution in [0.4, 0.5) is 10.1 Å². The van der Waals surface area contributed by atoms with Gasteiger partial charge in [0.2, 0.25) is 0 Å². The Balaban J connectivity index is 2.33. The Labute approximate surface area is 118 Å². The first kappa shape index (κ1) is 14.9. The Morgan fingerprint density at radius 2 is 2.00 bits per heavy atom. The summed E-state index contributed by atoms with van der Waals surface area (Å²) in [5.74, 6) is -1.57. The minimum atomic E-state index is -3.53. The van der Waals surface area contributed by atoms with Crippen molar-refractivity contribution in [2.75, 3.05) is 11.6 Å². The minimum absolute atomic E-state index is 0.131. The molecular formula is C12H10FN3O4S. The molecule has 0 unspecified atom stereocenters. The maximum absolute atomic E-state index is 13.6. The van der Waals surface area contributed by atoms with E-state index in [-0.39, 0.29) is 16.3 Å². The van der Waals surface area contributed by atoms with Crippen LogP contribution in [-0.4, -0.2) is 30.8 Å². The van der Waals surface area contributed by atoms with Crippen LogP contribution >= 0.6 is 0 Å². The van der Waals surface area contributed by atoms with Gasteiger partial charge in [0.1, 0.15) is 11.5 Å². The molecule has 0 aliphatic heterocycles. The van der Waals surface area contributed by atoms with E-state index in [9.17, 15) is 22.4 Å². The van der Waals surface area contributed by atoms with E-state index < -0.39 is 27.1 Å². The van der Waals surface area contributed by atoms with Crippen molar-refractivity contribution >= 4 is 21.4 Å². The third-order valence-corrected chi connectivity index (χ3v) is 3.64. The largest absolute Gasteiger partial charge is 0.318 e. The number of sulfone groups is 1. The molecule has 0 saturated heterocycles. The zero-order valence-electron chi connectivity index (χ0n) is 10.8. The number of rotatable bonds is 3. The normalized spacial score (nSPS) is 11.1. The van der Waals surface area contributed by atoms with E-state index in [4.69, 9.17) is 0 Å². The van der Waals surface area contributed by atoms with Gasteiger partial charge >= 0.3 is 0 Å². The number of halogens is 1. The number of carbonyl (C=O) groups excluding carboxylic acids is 1. The molecule has 0 bridgehead atoms. The Bertz CT molecular complexity index is 841. The van der Waals surface area contributed by atoms with E-state index in [0.717, 1.165) is 36.6 Å². The zero-order valence-corrected chi connectivity index (χ0v) is 11.6. The van der Waals surface area contributed by atoms with Crippen molar-refractivity contribution < 1.29 is 17.6 Å². The summed E-state index contributed by atoms with van der Waals surface area (Å²) >= 11 is 0. The standard InChI is InChI=1S/C12H10FN3O4S/c1-21(19,20)7-2-3-8(13)10(6-7)14-12(18)9-4-5-11(17)16-15-9/h2-6H,1H3,(H,14,18)(H,16,17). The summed E-state index contributed by atoms with van der Waals surface area (Å²) in [6.45, 7) is 0. The van der Waals surface area contributed by atoms with Crippen molar-refractivity contribution in [2.24, 2.45) is 0 Å². The number of aromatic amines is 1. The van der Waals surface area contributed by atoms with Gasteiger partial charge in [0.25, 0.3) is 11.5 Å². The molecule has 21 heavy (non-hydrogen) atoms. The molecule has 0 aliphatic carbocycles. The molecule has 9 heteroatoms. The Hall–Kier alpha value is -2.55. The molecule has 1 aromatic heterocycles. The molecule has 1 aromatic carbocycles. The van der Waals surface area contributed by atoms with Gasteiger partial charge in [-0.2, -0.15) is 5.10 Å². The van der Waals surface area contributed by atoms with Crippen LogP contribution in [0.2, 0.25) is 0 Å². The number of hydrogen-bond acceptors (Lipinski definition) is 5. The number of nitrogens with zero attached hydrogens (tertiary/aromatic N) is 1. The predicted octanol–water partition coefficient (Wildman–Crippen LogP) is 0.565. The van der Waals surface area contributed by atoms with Crippen molar-refractivity contribution in [1.82, 2.24) is 10.2 Å². The van der Waals surface area contributed by atoms with Crippen molar-refractivity contribution in [1.29, 1.82) is 0 Å². The number of hydrogen-bond donors (Lipinski definition) is 2. The third kappa shape index (κ3) is 3.51. The fourth-order valence-corrected chi connectivity index (χ4v) is 2.14. The highest BCUT2D eigenvalue weighted by molar-refractivity contribution is 7.90. The maximum Gasteiger partial charge on any atom is 0.276 e. The van der Waals surface area contributed by atoms with Crippen LogP contribution in [-0.2, 0) is 9.84 Å². The van der Waals surface area contributed by atoms with Gasteiger partial charge in [-0.1, -0.05) is 0 Å². The maximum atomic E-state index is 13.6. The summed E-state index contributed by atoms with van der Waals surface area (Å²) in [7, 11) is -3.53. The SMILES string of the molecule is CS(=O)(=O)c1ccc(F)c(NC(=O)c2ccc(=O)[nH]n2)c1. The number of carbonyl (C=O) groups is 1. The molecular weight excluding hydrogens is 301 g/mol. The summed E-state index contributed by atoms with van der Waals surface area (Å²) in [4.78, 5) is 22.5. The second kappa shape index (κ2) is 5.44. The van der Waals surface area contributed by atoms with Crippen LogP contribution in [0.15, 0.2) is 40.0 Å². The average molecular weight is 311 g/mol. The van der Waals surface area contributed by atoms with Gasteiger partial charge in [-0.05, 0) is 24.3 Å². The van der Waals surface area contributed by atoms with E-state index in [0.29, 0.717) is 0 Å². The van der Waals surface area contributed by atoms with E-state index in [1.807, 2.05) is 0 Å². The molecule has 7 nitrogen and oxygen atoms in total. The number of amides is 1. The van der Waals surface area contributed by atoms with Crippen LogP contribution in [0.1, 0.15) is 10.5 Å². The van der Waals surface area contributed by atoms with Gasteiger partial charge in [0, 0.05) is 12.3 Å². The monoisotopic (exact) mass is 311 g/mol. The molecule has 2 rings (SSSR count). The molecule has 1 amide bonds. The van der Waals surface area contributed by atoms with Crippen molar-refractivity contribution in [2.45, 2.75) is 4.90 Å². The molecule has 2 N–H and O–H groups in total. The summed E-state index contributed by atoms with van der Waals surface area (Å²) < 4.78 is 36.4. The Morgan fingerprint density at radius 3 is 2.57 bits per heavy atom. The first-order valence-corrected chi connectivity index (χ1v) is 7.53. The van der Waals surface area contributed by atoms with E-state index >= 15 is 0 Å². The number of nitrogens with one attached hydrogen (secondary N) is 2. The highest BCUT2D eigenvalue weighted by atomic mass is 32.2. The van der Waals surface area contributed by atoms with Crippen LogP contribution in [0.5, 0.6) is 0 Å². The van der Waals surface area contributed by atoms with Gasteiger partial charge in [0.05, 0.1) is 10.6 Å². The summed E-state index contributed by atoms with van der Waals surface area (Å²) in [6.07, 6.45) is 0.968. The van der Waals surface area contributed by atoms with Crippen molar-refractivity contribution in [3.05, 3.63) is 52.2 Å². The number of benzene rings is 1. The quantitative estimate of drug-likeness (QED) is 0.805. The molecule has 0 radical (unpaired) electrons. The van der Waals surface area contributed by atoms with Crippen molar-refractivity contribution in [3.8, 4) is 0 Å². The topological polar surface area (TPSA) is 109 Å². The van der Waals surface area contributed by atoms with Gasteiger partial charge in [-0.3, -0.25) is 9.59 Å². The van der Waals surface area contributed by atoms with Crippen molar-refractivity contribution in [3.63, 3.8) is 0 Å². The van der Waals surface area contributed by atoms with E-state index in [1.165, 1.54) is 0 Å². The highest BCUT2D eigenvalue weighted by Crippen LogP contribution is 2.20. The lowest BCUT2D eigenvalue weighted by atomic mass is 10.3. The lowest BCUT2D eigenvalue weighted by Crippen LogP contribution is -2.18. The summed E-state index contributed by atoms with van der Waals surface area (Å²) in [5.41, 5.74) is -0.925. The molecule has 0 saturated carbocycles. The molecule has 0 fully saturated rings. The summed E-state index contributed by atoms with van der Waals surface area (Å²) in [5, 5.41) is 7.74. The highest BCUT2D eigenvalue weighted by Gasteiger charge is 2.14. The van der Waals surface area contributed by atoms with Gasteiger partial charge < -0.3 is 5.32 Å². The van der Waals surface area contributed by atoms with Crippen LogP contribution in [0, 0.1) is 5.82 Å². The Kier molecular flexibility index (Phi) is 3.85. The fourth-order valence-electron chi connectivity index (χ4n) is 1.49. The molecule has 1 heterocycles. The van der Waals surface area contributed by atoms with Gasteiger partial charge in [-0.25, -0.2) is 17.9 Å². The van der Waals surface area contributed by atoms with E-state index in [1.54, 1.807) is 0 Å². The first-order valence-electron chi connectivity index (χ1n) is 5.64. The van der Waals surface area contributed by atoms with Crippen LogP contribution < -0.4 is 10.9 Å². The van der Waals surface area contributed by atoms with Crippen LogP contribution in [0.25, 0.3) is 0 Å². The summed E-state index contributed by atoms with van der Waals surface area (Å²) in [6, 6.07) is 5.29. The van der Waals surface area contributed by atoms with Gasteiger partial charge in [-0.15, -0.1) is 0 Å². The van der Waals surface area contributed by atoms with E-state index in [2.05, 4.69) is 15.5 Å². The smallest absolute Gasteiger partial charge is 0.276 e. The predicted molar refractivity (Wildman–Crippen MR) is 72.3 cm³/mol. The molecule has 0 atom stereocenters. The van der Waals surface area contributed by atoms with Gasteiger partial charge in [0.15, 0.2) is 9.84 Å². The minimum Gasteiger partial charge on any atom is -0.318 e.